The molecular formula is C22H22N4OS2. The average molecular weight is 423 g/mol. The first-order valence-corrected chi connectivity index (χ1v) is 11.5. The van der Waals surface area contributed by atoms with E-state index in [4.69, 9.17) is 0 Å². The molecule has 1 atom stereocenters. The minimum absolute atomic E-state index is 0.104. The van der Waals surface area contributed by atoms with Gasteiger partial charge in [0.2, 0.25) is 5.91 Å². The Bertz CT molecular complexity index is 1050. The van der Waals surface area contributed by atoms with Gasteiger partial charge >= 0.3 is 0 Å². The standard InChI is InChI=1S/C22H22N4OS2/c1-15-7-8-17-18(12-23)21(29-19(17)11-15)25-20(27)14-28-22-24-9-10-26(22)13-16-5-3-2-4-6-16/h2-6,9-10,15H,7-8,11,13-14H2,1H3,(H,25,27). The number of carbonyl (C=O) groups excluding carboxylic acids is 1. The van der Waals surface area contributed by atoms with Crippen molar-refractivity contribution in [2.24, 2.45) is 5.92 Å². The zero-order chi connectivity index (χ0) is 20.2. The molecule has 1 N–H and O–H groups in total. The van der Waals surface area contributed by atoms with Crippen LogP contribution in [0.1, 0.15) is 34.9 Å². The predicted molar refractivity (Wildman–Crippen MR) is 117 cm³/mol. The van der Waals surface area contributed by atoms with Crippen LogP contribution in [0.25, 0.3) is 0 Å². The van der Waals surface area contributed by atoms with Crippen molar-refractivity contribution in [3.63, 3.8) is 0 Å². The molecule has 2 aromatic heterocycles. The minimum atomic E-state index is -0.104. The topological polar surface area (TPSA) is 70.7 Å². The van der Waals surface area contributed by atoms with Crippen molar-refractivity contribution >= 4 is 34.0 Å². The van der Waals surface area contributed by atoms with Gasteiger partial charge in [0.05, 0.1) is 11.3 Å². The molecule has 1 aliphatic rings. The first-order chi connectivity index (χ1) is 14.1. The lowest BCUT2D eigenvalue weighted by Crippen LogP contribution is -2.14. The van der Waals surface area contributed by atoms with Gasteiger partial charge in [-0.3, -0.25) is 4.79 Å². The van der Waals surface area contributed by atoms with E-state index in [0.29, 0.717) is 16.5 Å². The Labute approximate surface area is 178 Å². The molecule has 2 heterocycles. The lowest BCUT2D eigenvalue weighted by molar-refractivity contribution is -0.113. The van der Waals surface area contributed by atoms with Crippen molar-refractivity contribution in [2.45, 2.75) is 37.9 Å². The molecule has 0 bridgehead atoms. The van der Waals surface area contributed by atoms with Crippen LogP contribution in [0.2, 0.25) is 0 Å². The van der Waals surface area contributed by atoms with Crippen LogP contribution in [0.4, 0.5) is 5.00 Å². The number of nitrogens with zero attached hydrogens (tertiary/aromatic N) is 3. The molecule has 0 spiro atoms. The molecule has 1 aromatic carbocycles. The SMILES string of the molecule is CC1CCc2c(sc(NC(=O)CSc3nccn3Cc3ccccc3)c2C#N)C1. The lowest BCUT2D eigenvalue weighted by Gasteiger charge is -2.17. The molecule has 29 heavy (non-hydrogen) atoms. The van der Waals surface area contributed by atoms with E-state index in [-0.39, 0.29) is 11.7 Å². The van der Waals surface area contributed by atoms with Crippen LogP contribution in [0.5, 0.6) is 0 Å². The number of nitriles is 1. The molecule has 3 aromatic rings. The van der Waals surface area contributed by atoms with Gasteiger partial charge in [-0.1, -0.05) is 49.0 Å². The number of aromatic nitrogens is 2. The van der Waals surface area contributed by atoms with E-state index in [0.717, 1.165) is 36.5 Å². The maximum Gasteiger partial charge on any atom is 0.235 e. The van der Waals surface area contributed by atoms with Crippen molar-refractivity contribution in [2.75, 3.05) is 11.1 Å². The molecule has 0 fully saturated rings. The number of anilines is 1. The molecule has 1 unspecified atom stereocenters. The van der Waals surface area contributed by atoms with Crippen LogP contribution in [-0.2, 0) is 24.2 Å². The fourth-order valence-electron chi connectivity index (χ4n) is 3.59. The summed E-state index contributed by atoms with van der Waals surface area (Å²) in [6, 6.07) is 12.5. The number of rotatable bonds is 6. The van der Waals surface area contributed by atoms with Gasteiger partial charge in [0, 0.05) is 23.8 Å². The van der Waals surface area contributed by atoms with Gasteiger partial charge in [-0.15, -0.1) is 11.3 Å². The van der Waals surface area contributed by atoms with E-state index >= 15 is 0 Å². The van der Waals surface area contributed by atoms with Crippen LogP contribution in [0.15, 0.2) is 47.9 Å². The molecule has 7 heteroatoms. The Hall–Kier alpha value is -2.56. The Morgan fingerprint density at radius 2 is 2.24 bits per heavy atom. The smallest absolute Gasteiger partial charge is 0.235 e. The summed E-state index contributed by atoms with van der Waals surface area (Å²) in [5.74, 6) is 0.790. The van der Waals surface area contributed by atoms with Crippen LogP contribution in [0.3, 0.4) is 0 Å². The minimum Gasteiger partial charge on any atom is -0.322 e. The molecule has 1 aliphatic carbocycles. The summed E-state index contributed by atoms with van der Waals surface area (Å²) in [4.78, 5) is 18.2. The van der Waals surface area contributed by atoms with Gasteiger partial charge in [-0.2, -0.15) is 5.26 Å². The second-order valence-electron chi connectivity index (χ2n) is 7.33. The van der Waals surface area contributed by atoms with Gasteiger partial charge in [0.25, 0.3) is 0 Å². The van der Waals surface area contributed by atoms with E-state index in [1.165, 1.54) is 22.2 Å². The molecule has 148 valence electrons. The molecule has 0 saturated heterocycles. The number of hydrogen-bond donors (Lipinski definition) is 1. The van der Waals surface area contributed by atoms with Gasteiger partial charge in [0.15, 0.2) is 5.16 Å². The monoisotopic (exact) mass is 422 g/mol. The summed E-state index contributed by atoms with van der Waals surface area (Å²) in [5, 5.41) is 14.1. The Kier molecular flexibility index (Phi) is 6.02. The van der Waals surface area contributed by atoms with Crippen LogP contribution < -0.4 is 5.32 Å². The summed E-state index contributed by atoms with van der Waals surface area (Å²) >= 11 is 2.97. The summed E-state index contributed by atoms with van der Waals surface area (Å²) in [7, 11) is 0. The number of thioether (sulfide) groups is 1. The highest BCUT2D eigenvalue weighted by molar-refractivity contribution is 7.99. The first-order valence-electron chi connectivity index (χ1n) is 9.66. The van der Waals surface area contributed by atoms with E-state index in [2.05, 4.69) is 35.4 Å². The highest BCUT2D eigenvalue weighted by Crippen LogP contribution is 2.39. The van der Waals surface area contributed by atoms with E-state index < -0.39 is 0 Å². The van der Waals surface area contributed by atoms with Gasteiger partial charge < -0.3 is 9.88 Å². The fraction of sp³-hybridized carbons (Fsp3) is 0.318. The number of imidazole rings is 1. The molecule has 0 radical (unpaired) electrons. The number of hydrogen-bond acceptors (Lipinski definition) is 5. The highest BCUT2D eigenvalue weighted by Gasteiger charge is 2.24. The number of thiophene rings is 1. The maximum absolute atomic E-state index is 12.6. The molecule has 0 saturated carbocycles. The van der Waals surface area contributed by atoms with E-state index in [1.807, 2.05) is 29.0 Å². The second kappa shape index (κ2) is 8.85. The third kappa shape index (κ3) is 4.55. The van der Waals surface area contributed by atoms with Gasteiger partial charge in [0.1, 0.15) is 11.1 Å². The highest BCUT2D eigenvalue weighted by atomic mass is 32.2. The number of nitrogens with one attached hydrogen (secondary N) is 1. The summed E-state index contributed by atoms with van der Waals surface area (Å²) in [6.45, 7) is 2.96. The van der Waals surface area contributed by atoms with Crippen molar-refractivity contribution in [3.8, 4) is 6.07 Å². The largest absolute Gasteiger partial charge is 0.322 e. The summed E-state index contributed by atoms with van der Waals surface area (Å²) < 4.78 is 2.04. The number of benzene rings is 1. The molecular weight excluding hydrogens is 400 g/mol. The predicted octanol–water partition coefficient (Wildman–Crippen LogP) is 4.72. The number of fused-ring (bicyclic) bond motifs is 1. The van der Waals surface area contributed by atoms with Crippen molar-refractivity contribution in [1.82, 2.24) is 9.55 Å². The zero-order valence-electron chi connectivity index (χ0n) is 16.2. The van der Waals surface area contributed by atoms with E-state index in [9.17, 15) is 10.1 Å². The summed E-state index contributed by atoms with van der Waals surface area (Å²) in [5.41, 5.74) is 2.98. The maximum atomic E-state index is 12.6. The Morgan fingerprint density at radius 3 is 3.03 bits per heavy atom. The summed E-state index contributed by atoms with van der Waals surface area (Å²) in [6.07, 6.45) is 6.71. The average Bonchev–Trinajstić information content (AvgIpc) is 3.30. The lowest BCUT2D eigenvalue weighted by atomic mass is 9.89. The molecule has 1 amide bonds. The Balaban J connectivity index is 1.40. The zero-order valence-corrected chi connectivity index (χ0v) is 17.9. The fourth-order valence-corrected chi connectivity index (χ4v) is 5.72. The molecule has 0 aliphatic heterocycles. The van der Waals surface area contributed by atoms with Gasteiger partial charge in [-0.05, 0) is 36.3 Å². The normalized spacial score (nSPS) is 15.5. The third-order valence-corrected chi connectivity index (χ3v) is 7.26. The Morgan fingerprint density at radius 1 is 1.41 bits per heavy atom. The quantitative estimate of drug-likeness (QED) is 0.584. The van der Waals surface area contributed by atoms with Crippen LogP contribution >= 0.6 is 23.1 Å². The van der Waals surface area contributed by atoms with Crippen LogP contribution in [-0.4, -0.2) is 21.2 Å². The molecule has 5 nitrogen and oxygen atoms in total. The molecule has 4 rings (SSSR count). The van der Waals surface area contributed by atoms with Crippen molar-refractivity contribution in [1.29, 1.82) is 5.26 Å². The number of carbonyl (C=O) groups is 1. The van der Waals surface area contributed by atoms with Crippen molar-refractivity contribution < 1.29 is 4.79 Å². The second-order valence-corrected chi connectivity index (χ2v) is 9.38. The van der Waals surface area contributed by atoms with Crippen molar-refractivity contribution in [3.05, 3.63) is 64.3 Å². The van der Waals surface area contributed by atoms with Gasteiger partial charge in [-0.25, -0.2) is 4.98 Å². The van der Waals surface area contributed by atoms with E-state index in [1.54, 1.807) is 17.5 Å². The third-order valence-electron chi connectivity index (χ3n) is 5.08. The number of amides is 1. The van der Waals surface area contributed by atoms with Crippen LogP contribution in [0, 0.1) is 17.2 Å². The first kappa shape index (κ1) is 19.7.